The van der Waals surface area contributed by atoms with Gasteiger partial charge in [-0.25, -0.2) is 0 Å². The Bertz CT molecular complexity index is 178. The van der Waals surface area contributed by atoms with Gasteiger partial charge in [0.1, 0.15) is 6.10 Å². The fourth-order valence-electron chi connectivity index (χ4n) is 0.767. The Balaban J connectivity index is 3.75. The van der Waals surface area contributed by atoms with Crippen LogP contribution in [0.15, 0.2) is 11.1 Å². The molecular formula is C8H12Cl2O2. The van der Waals surface area contributed by atoms with E-state index in [0.29, 0.717) is 17.3 Å². The second kappa shape index (κ2) is 6.32. The van der Waals surface area contributed by atoms with E-state index in [-0.39, 0.29) is 12.1 Å². The lowest BCUT2D eigenvalue weighted by molar-refractivity contribution is -0.145. The van der Waals surface area contributed by atoms with Crippen LogP contribution in [-0.4, -0.2) is 18.0 Å². The summed E-state index contributed by atoms with van der Waals surface area (Å²) in [5.74, 6) is 0.0869. The molecule has 0 N–H and O–H groups in total. The van der Waals surface area contributed by atoms with Gasteiger partial charge in [-0.3, -0.25) is 4.79 Å². The van der Waals surface area contributed by atoms with Gasteiger partial charge in [-0.05, 0) is 6.92 Å². The van der Waals surface area contributed by atoms with Crippen LogP contribution in [0.2, 0.25) is 0 Å². The third-order valence-electron chi connectivity index (χ3n) is 1.15. The van der Waals surface area contributed by atoms with Gasteiger partial charge in [-0.1, -0.05) is 17.7 Å². The van der Waals surface area contributed by atoms with Gasteiger partial charge in [-0.15, -0.1) is 11.6 Å². The molecule has 0 rings (SSSR count). The largest absolute Gasteiger partial charge is 0.462 e. The van der Waals surface area contributed by atoms with E-state index in [4.69, 9.17) is 27.9 Å². The third kappa shape index (κ3) is 6.50. The van der Waals surface area contributed by atoms with E-state index in [9.17, 15) is 4.79 Å². The molecule has 1 atom stereocenters. The summed E-state index contributed by atoms with van der Waals surface area (Å²) < 4.78 is 4.86. The van der Waals surface area contributed by atoms with Gasteiger partial charge >= 0.3 is 5.97 Å². The zero-order valence-corrected chi connectivity index (χ0v) is 8.65. The molecular weight excluding hydrogens is 199 g/mol. The molecule has 0 aliphatic heterocycles. The summed E-state index contributed by atoms with van der Waals surface area (Å²) in [7, 11) is 0. The molecule has 0 amide bonds. The van der Waals surface area contributed by atoms with Crippen LogP contribution >= 0.6 is 23.2 Å². The highest BCUT2D eigenvalue weighted by atomic mass is 35.5. The standard InChI is InChI=1S/C8H12Cl2O2/c1-6(12-7(2)11)5-8(10)3-4-9/h3,6H,4-5H2,1-2H3/b8-3-. The molecule has 0 saturated carbocycles. The van der Waals surface area contributed by atoms with Gasteiger partial charge in [0.25, 0.3) is 0 Å². The quantitative estimate of drug-likeness (QED) is 0.527. The SMILES string of the molecule is CC(=O)OC(C)C/C(Cl)=C/CCl. The molecule has 0 radical (unpaired) electrons. The van der Waals surface area contributed by atoms with Crippen LogP contribution in [0.25, 0.3) is 0 Å². The average molecular weight is 211 g/mol. The maximum absolute atomic E-state index is 10.5. The summed E-state index contributed by atoms with van der Waals surface area (Å²) in [4.78, 5) is 10.5. The first-order chi connectivity index (χ1) is 5.56. The summed E-state index contributed by atoms with van der Waals surface area (Å²) in [5.41, 5.74) is 0. The molecule has 1 unspecified atom stereocenters. The smallest absolute Gasteiger partial charge is 0.302 e. The molecule has 0 spiro atoms. The van der Waals surface area contributed by atoms with E-state index in [1.165, 1.54) is 6.92 Å². The van der Waals surface area contributed by atoms with Crippen LogP contribution in [0.4, 0.5) is 0 Å². The number of esters is 1. The van der Waals surface area contributed by atoms with E-state index in [0.717, 1.165) is 0 Å². The average Bonchev–Trinajstić information content (AvgIpc) is 1.84. The molecule has 0 aromatic heterocycles. The van der Waals surface area contributed by atoms with Crippen LogP contribution in [0.1, 0.15) is 20.3 Å². The molecule has 0 aliphatic carbocycles. The molecule has 4 heteroatoms. The monoisotopic (exact) mass is 210 g/mol. The third-order valence-corrected chi connectivity index (χ3v) is 1.61. The van der Waals surface area contributed by atoms with Gasteiger partial charge in [-0.2, -0.15) is 0 Å². The number of allylic oxidation sites excluding steroid dienone is 1. The topological polar surface area (TPSA) is 26.3 Å². The molecule has 0 aliphatic rings. The predicted octanol–water partition coefficient (Wildman–Crippen LogP) is 2.69. The van der Waals surface area contributed by atoms with E-state index in [1.807, 2.05) is 0 Å². The molecule has 0 aromatic rings. The number of halogens is 2. The highest BCUT2D eigenvalue weighted by molar-refractivity contribution is 6.30. The number of alkyl halides is 1. The molecule has 12 heavy (non-hydrogen) atoms. The van der Waals surface area contributed by atoms with Crippen molar-refractivity contribution in [3.8, 4) is 0 Å². The van der Waals surface area contributed by atoms with Crippen molar-refractivity contribution in [2.24, 2.45) is 0 Å². The fraction of sp³-hybridized carbons (Fsp3) is 0.625. The maximum atomic E-state index is 10.5. The minimum atomic E-state index is -0.294. The number of carbonyl (C=O) groups is 1. The van der Waals surface area contributed by atoms with Crippen LogP contribution in [0.5, 0.6) is 0 Å². The highest BCUT2D eigenvalue weighted by Gasteiger charge is 2.06. The minimum absolute atomic E-state index is 0.186. The molecule has 0 aromatic carbocycles. The number of carbonyl (C=O) groups excluding carboxylic acids is 1. The molecule has 0 heterocycles. The van der Waals surface area contributed by atoms with Crippen LogP contribution in [0.3, 0.4) is 0 Å². The summed E-state index contributed by atoms with van der Waals surface area (Å²) in [6.45, 7) is 3.15. The van der Waals surface area contributed by atoms with Crippen molar-refractivity contribution < 1.29 is 9.53 Å². The van der Waals surface area contributed by atoms with Crippen molar-refractivity contribution in [2.75, 3.05) is 5.88 Å². The first-order valence-corrected chi connectivity index (χ1v) is 4.55. The minimum Gasteiger partial charge on any atom is -0.462 e. The lowest BCUT2D eigenvalue weighted by atomic mass is 10.2. The van der Waals surface area contributed by atoms with E-state index in [1.54, 1.807) is 13.0 Å². The zero-order chi connectivity index (χ0) is 9.56. The van der Waals surface area contributed by atoms with Gasteiger partial charge in [0.15, 0.2) is 0 Å². The van der Waals surface area contributed by atoms with E-state index in [2.05, 4.69) is 0 Å². The Morgan fingerprint density at radius 1 is 1.67 bits per heavy atom. The maximum Gasteiger partial charge on any atom is 0.302 e. The lowest BCUT2D eigenvalue weighted by Gasteiger charge is -2.10. The Labute approximate surface area is 82.5 Å². The summed E-state index contributed by atoms with van der Waals surface area (Å²) in [6, 6.07) is 0. The van der Waals surface area contributed by atoms with E-state index >= 15 is 0 Å². The molecule has 0 saturated heterocycles. The Hall–Kier alpha value is -0.210. The van der Waals surface area contributed by atoms with Crippen LogP contribution in [-0.2, 0) is 9.53 Å². The second-order valence-electron chi connectivity index (χ2n) is 2.43. The summed E-state index contributed by atoms with van der Waals surface area (Å²) >= 11 is 11.2. The predicted molar refractivity (Wildman–Crippen MR) is 50.5 cm³/mol. The van der Waals surface area contributed by atoms with Crippen molar-refractivity contribution in [3.05, 3.63) is 11.1 Å². The second-order valence-corrected chi connectivity index (χ2v) is 3.22. The van der Waals surface area contributed by atoms with Crippen LogP contribution in [0, 0.1) is 0 Å². The van der Waals surface area contributed by atoms with Crippen molar-refractivity contribution in [1.29, 1.82) is 0 Å². The van der Waals surface area contributed by atoms with Crippen molar-refractivity contribution in [2.45, 2.75) is 26.4 Å². The van der Waals surface area contributed by atoms with E-state index < -0.39 is 0 Å². The lowest BCUT2D eigenvalue weighted by Crippen LogP contribution is -2.11. The van der Waals surface area contributed by atoms with Gasteiger partial charge in [0, 0.05) is 24.3 Å². The fourth-order valence-corrected chi connectivity index (χ4v) is 1.33. The highest BCUT2D eigenvalue weighted by Crippen LogP contribution is 2.12. The van der Waals surface area contributed by atoms with Crippen molar-refractivity contribution in [3.63, 3.8) is 0 Å². The molecule has 0 fully saturated rings. The number of hydrogen-bond donors (Lipinski definition) is 0. The first kappa shape index (κ1) is 11.8. The number of hydrogen-bond acceptors (Lipinski definition) is 2. The summed E-state index contributed by atoms with van der Waals surface area (Å²) in [5, 5.41) is 0.624. The van der Waals surface area contributed by atoms with Gasteiger partial charge in [0.2, 0.25) is 0 Å². The van der Waals surface area contributed by atoms with Gasteiger partial charge in [0.05, 0.1) is 0 Å². The molecule has 0 bridgehead atoms. The molecule has 2 nitrogen and oxygen atoms in total. The Morgan fingerprint density at radius 2 is 2.25 bits per heavy atom. The van der Waals surface area contributed by atoms with Crippen LogP contribution < -0.4 is 0 Å². The summed E-state index contributed by atoms with van der Waals surface area (Å²) in [6.07, 6.45) is 2.02. The van der Waals surface area contributed by atoms with Crippen molar-refractivity contribution in [1.82, 2.24) is 0 Å². The van der Waals surface area contributed by atoms with Crippen molar-refractivity contribution >= 4 is 29.2 Å². The molecule has 70 valence electrons. The van der Waals surface area contributed by atoms with Gasteiger partial charge < -0.3 is 4.74 Å². The Morgan fingerprint density at radius 3 is 2.67 bits per heavy atom. The zero-order valence-electron chi connectivity index (χ0n) is 7.14. The number of ether oxygens (including phenoxy) is 1. The normalized spacial score (nSPS) is 14.2. The first-order valence-electron chi connectivity index (χ1n) is 3.64. The Kier molecular flexibility index (Phi) is 6.21. The number of rotatable bonds is 4.